The molecule has 1 atom stereocenters. The van der Waals surface area contributed by atoms with Crippen LogP contribution in [0.25, 0.3) is 22.0 Å². The van der Waals surface area contributed by atoms with Gasteiger partial charge in [-0.15, -0.1) is 0 Å². The fraction of sp³-hybridized carbons (Fsp3) is 0. The Labute approximate surface area is 183 Å². The number of rotatable bonds is 5. The van der Waals surface area contributed by atoms with Crippen molar-refractivity contribution < 1.29 is 23.8 Å². The molecule has 156 valence electrons. The zero-order valence-corrected chi connectivity index (χ0v) is 17.2. The predicted octanol–water partition coefficient (Wildman–Crippen LogP) is 4.29. The van der Waals surface area contributed by atoms with Crippen LogP contribution in [0.4, 0.5) is 11.4 Å². The van der Waals surface area contributed by atoms with E-state index in [4.69, 9.17) is 16.7 Å². The minimum atomic E-state index is -2.79. The first-order valence-corrected chi connectivity index (χ1v) is 10.2. The van der Waals surface area contributed by atoms with Crippen LogP contribution in [0.2, 0.25) is 5.15 Å². The van der Waals surface area contributed by atoms with Gasteiger partial charge in [0.25, 0.3) is 0 Å². The minimum Gasteiger partial charge on any atom is -0.755 e. The zero-order valence-electron chi connectivity index (χ0n) is 15.6. The average Bonchev–Trinajstić information content (AvgIpc) is 2.74. The monoisotopic (exact) mass is 454 g/mol. The number of benzene rings is 2. The van der Waals surface area contributed by atoms with Crippen LogP contribution in [-0.2, 0) is 11.3 Å². The zero-order chi connectivity index (χ0) is 22.1. The number of fused-ring (bicyclic) bond motifs is 1. The van der Waals surface area contributed by atoms with Crippen molar-refractivity contribution in [3.8, 4) is 16.9 Å². The molecular weight excluding hydrogens is 442 g/mol. The molecule has 0 aliphatic heterocycles. The van der Waals surface area contributed by atoms with E-state index in [0.29, 0.717) is 11.1 Å². The van der Waals surface area contributed by atoms with Gasteiger partial charge in [-0.3, -0.25) is 13.5 Å². The summed E-state index contributed by atoms with van der Waals surface area (Å²) in [6.45, 7) is 0. The number of pyridine rings is 2. The first-order valence-electron chi connectivity index (χ1n) is 8.81. The average molecular weight is 455 g/mol. The number of carboxylic acid groups (broad SMARTS) is 1. The van der Waals surface area contributed by atoms with Crippen LogP contribution in [0.15, 0.2) is 67.0 Å². The minimum absolute atomic E-state index is 0.0358. The highest BCUT2D eigenvalue weighted by molar-refractivity contribution is 7.81. The van der Waals surface area contributed by atoms with Crippen molar-refractivity contribution in [2.45, 2.75) is 0 Å². The number of aromatic hydroxyl groups is 1. The number of carbonyl (C=O) groups is 1. The number of halogens is 1. The molecule has 0 fully saturated rings. The van der Waals surface area contributed by atoms with Gasteiger partial charge in [-0.05, 0) is 42.0 Å². The molecule has 4 rings (SSSR count). The molecule has 31 heavy (non-hydrogen) atoms. The molecule has 8 nitrogen and oxygen atoms in total. The van der Waals surface area contributed by atoms with Crippen LogP contribution in [0, 0.1) is 0 Å². The van der Waals surface area contributed by atoms with Crippen molar-refractivity contribution in [1.29, 1.82) is 0 Å². The Morgan fingerprint density at radius 1 is 1.06 bits per heavy atom. The number of nitrogens with zero attached hydrogens (tertiary/aromatic N) is 3. The Balaban J connectivity index is 1.82. The smallest absolute Gasteiger partial charge is 0.339 e. The summed E-state index contributed by atoms with van der Waals surface area (Å²) in [6, 6.07) is 14.2. The van der Waals surface area contributed by atoms with Crippen LogP contribution >= 0.6 is 11.6 Å². The first-order chi connectivity index (χ1) is 14.8. The van der Waals surface area contributed by atoms with E-state index in [1.165, 1.54) is 12.3 Å². The number of aromatic carboxylic acids is 1. The van der Waals surface area contributed by atoms with Gasteiger partial charge in [0.2, 0.25) is 0 Å². The number of phenols is 1. The lowest BCUT2D eigenvalue weighted by atomic mass is 10.0. The summed E-state index contributed by atoms with van der Waals surface area (Å²) in [4.78, 5) is 19.5. The molecule has 4 aromatic rings. The maximum Gasteiger partial charge on any atom is 0.339 e. The normalized spacial score (nSPS) is 11.9. The topological polar surface area (TPSA) is 127 Å². The molecule has 2 N–H and O–H groups in total. The van der Waals surface area contributed by atoms with E-state index in [0.717, 1.165) is 27.3 Å². The summed E-state index contributed by atoms with van der Waals surface area (Å²) in [5.41, 5.74) is 1.84. The highest BCUT2D eigenvalue weighted by atomic mass is 35.5. The quantitative estimate of drug-likeness (QED) is 0.340. The third-order valence-corrected chi connectivity index (χ3v) is 5.59. The Hall–Kier alpha value is -3.53. The van der Waals surface area contributed by atoms with E-state index in [1.54, 1.807) is 24.4 Å². The molecule has 0 spiro atoms. The molecule has 0 radical (unpaired) electrons. The van der Waals surface area contributed by atoms with Gasteiger partial charge in [0, 0.05) is 23.2 Å². The molecule has 0 bridgehead atoms. The third kappa shape index (κ3) is 4.06. The Kier molecular flexibility index (Phi) is 5.55. The Bertz CT molecular complexity index is 1350. The molecule has 2 aromatic heterocycles. The van der Waals surface area contributed by atoms with Crippen LogP contribution in [0.5, 0.6) is 5.75 Å². The van der Waals surface area contributed by atoms with Gasteiger partial charge in [0.05, 0.1) is 34.4 Å². The van der Waals surface area contributed by atoms with Crippen molar-refractivity contribution in [3.05, 3.63) is 77.7 Å². The molecule has 0 saturated heterocycles. The molecule has 10 heteroatoms. The van der Waals surface area contributed by atoms with Gasteiger partial charge < -0.3 is 14.8 Å². The molecule has 2 aromatic carbocycles. The summed E-state index contributed by atoms with van der Waals surface area (Å²) in [6.07, 6.45) is 2.95. The molecule has 1 unspecified atom stereocenters. The summed E-state index contributed by atoms with van der Waals surface area (Å²) < 4.78 is 24.9. The van der Waals surface area contributed by atoms with E-state index in [2.05, 4.69) is 9.97 Å². The Morgan fingerprint density at radius 2 is 1.87 bits per heavy atom. The van der Waals surface area contributed by atoms with Crippen molar-refractivity contribution >= 4 is 51.1 Å². The van der Waals surface area contributed by atoms with Gasteiger partial charge in [-0.1, -0.05) is 23.7 Å². The van der Waals surface area contributed by atoms with Gasteiger partial charge in [0.1, 0.15) is 16.5 Å². The SMILES string of the molecule is O=C(O)c1ccc(N(c2cnc(Cl)c(-c3ccc4ncccc4c3)c2)S(=O)[O-])cc1O. The summed E-state index contributed by atoms with van der Waals surface area (Å²) in [7, 11) is 0. The predicted molar refractivity (Wildman–Crippen MR) is 116 cm³/mol. The number of anilines is 2. The van der Waals surface area contributed by atoms with E-state index in [-0.39, 0.29) is 22.1 Å². The number of hydrogen-bond donors (Lipinski definition) is 2. The molecular formula is C21H13ClN3O5S-. The lowest BCUT2D eigenvalue weighted by molar-refractivity contribution is 0.0694. The molecule has 2 heterocycles. The van der Waals surface area contributed by atoms with E-state index < -0.39 is 23.0 Å². The van der Waals surface area contributed by atoms with E-state index >= 15 is 0 Å². The lowest BCUT2D eigenvalue weighted by Gasteiger charge is -2.27. The van der Waals surface area contributed by atoms with Crippen molar-refractivity contribution in [3.63, 3.8) is 0 Å². The fourth-order valence-electron chi connectivity index (χ4n) is 3.14. The molecule has 0 aliphatic rings. The van der Waals surface area contributed by atoms with Crippen LogP contribution in [0.3, 0.4) is 0 Å². The largest absolute Gasteiger partial charge is 0.755 e. The van der Waals surface area contributed by atoms with Crippen molar-refractivity contribution in [2.24, 2.45) is 0 Å². The maximum atomic E-state index is 12.0. The number of aromatic nitrogens is 2. The molecule has 0 amide bonds. The summed E-state index contributed by atoms with van der Waals surface area (Å²) in [5.74, 6) is -1.90. The standard InChI is InChI=1S/C21H14ClN3O5S/c22-20-17(12-3-6-18-13(8-12)2-1-7-23-18)9-15(11-24-20)25(31(29)30)14-4-5-16(21(27)28)19(26)10-14/h1-11,26H,(H,27,28)(H,29,30)/p-1. The van der Waals surface area contributed by atoms with Gasteiger partial charge >= 0.3 is 5.97 Å². The van der Waals surface area contributed by atoms with Crippen molar-refractivity contribution in [2.75, 3.05) is 4.31 Å². The third-order valence-electron chi connectivity index (χ3n) is 4.57. The van der Waals surface area contributed by atoms with E-state index in [9.17, 15) is 18.7 Å². The maximum absolute atomic E-state index is 12.0. The Morgan fingerprint density at radius 3 is 2.58 bits per heavy atom. The molecule has 0 saturated carbocycles. The van der Waals surface area contributed by atoms with Crippen molar-refractivity contribution in [1.82, 2.24) is 9.97 Å². The summed E-state index contributed by atoms with van der Waals surface area (Å²) >= 11 is 3.50. The van der Waals surface area contributed by atoms with E-state index in [1.807, 2.05) is 18.2 Å². The van der Waals surface area contributed by atoms with Gasteiger partial charge in [-0.25, -0.2) is 9.78 Å². The van der Waals surface area contributed by atoms with Gasteiger partial charge in [0.15, 0.2) is 0 Å². The number of carboxylic acids is 1. The second-order valence-electron chi connectivity index (χ2n) is 6.46. The van der Waals surface area contributed by atoms with Crippen LogP contribution in [-0.4, -0.2) is 34.9 Å². The second kappa shape index (κ2) is 8.31. The summed E-state index contributed by atoms with van der Waals surface area (Å²) in [5, 5.41) is 20.1. The van der Waals surface area contributed by atoms with Crippen LogP contribution < -0.4 is 4.31 Å². The second-order valence-corrected chi connectivity index (χ2v) is 7.62. The fourth-order valence-corrected chi connectivity index (χ4v) is 3.91. The first kappa shape index (κ1) is 20.7. The lowest BCUT2D eigenvalue weighted by Crippen LogP contribution is -2.20. The van der Waals surface area contributed by atoms with Crippen LogP contribution in [0.1, 0.15) is 10.4 Å². The highest BCUT2D eigenvalue weighted by Crippen LogP contribution is 2.36. The molecule has 0 aliphatic carbocycles. The number of hydrogen-bond acceptors (Lipinski definition) is 6. The van der Waals surface area contributed by atoms with Gasteiger partial charge in [-0.2, -0.15) is 0 Å². The highest BCUT2D eigenvalue weighted by Gasteiger charge is 2.18.